The van der Waals surface area contributed by atoms with Crippen molar-refractivity contribution in [3.05, 3.63) is 84.9 Å². The van der Waals surface area contributed by atoms with E-state index in [-0.39, 0.29) is 0 Å². The highest BCUT2D eigenvalue weighted by molar-refractivity contribution is 7.27. The second-order valence-electron chi connectivity index (χ2n) is 6.72. The number of rotatable bonds is 1. The molecule has 0 bridgehead atoms. The van der Waals surface area contributed by atoms with Crippen LogP contribution in [0.3, 0.4) is 0 Å². The van der Waals surface area contributed by atoms with Gasteiger partial charge in [0.15, 0.2) is 0 Å². The van der Waals surface area contributed by atoms with E-state index in [2.05, 4.69) is 89.9 Å². The Morgan fingerprint density at radius 3 is 2.35 bits per heavy atom. The van der Waals surface area contributed by atoms with Gasteiger partial charge in [0.05, 0.1) is 10.2 Å². The number of fused-ring (bicyclic) bond motifs is 7. The van der Waals surface area contributed by atoms with Gasteiger partial charge in [0.25, 0.3) is 0 Å². The molecule has 6 aromatic rings. The summed E-state index contributed by atoms with van der Waals surface area (Å²) in [7, 11) is 0. The average Bonchev–Trinajstić information content (AvgIpc) is 3.24. The van der Waals surface area contributed by atoms with Crippen molar-refractivity contribution in [3.8, 4) is 11.1 Å². The largest absolute Gasteiger partial charge is 0.353 e. The number of nitrogens with one attached hydrogen (secondary N) is 1. The van der Waals surface area contributed by atoms with Crippen molar-refractivity contribution in [2.45, 2.75) is 0 Å². The van der Waals surface area contributed by atoms with Crippen LogP contribution < -0.4 is 0 Å². The van der Waals surface area contributed by atoms with Crippen LogP contribution in [0, 0.1) is 0 Å². The molecule has 2 heteroatoms. The molecular formula is C24H15NS. The summed E-state index contributed by atoms with van der Waals surface area (Å²) in [5.74, 6) is 0. The molecule has 4 aromatic carbocycles. The lowest BCUT2D eigenvalue weighted by atomic mass is 10.0. The molecule has 0 aliphatic rings. The van der Waals surface area contributed by atoms with Gasteiger partial charge < -0.3 is 4.98 Å². The topological polar surface area (TPSA) is 15.8 Å². The normalized spacial score (nSPS) is 11.8. The molecule has 0 saturated carbocycles. The van der Waals surface area contributed by atoms with E-state index >= 15 is 0 Å². The highest BCUT2D eigenvalue weighted by Crippen LogP contribution is 2.42. The SMILES string of the molecule is c1ccc(-c2ccc3[nH]c4c5ccc6ccccc6c5sc4c3c2)cc1. The number of aromatic nitrogens is 1. The van der Waals surface area contributed by atoms with E-state index < -0.39 is 0 Å². The number of aromatic amines is 1. The molecule has 0 unspecified atom stereocenters. The van der Waals surface area contributed by atoms with Gasteiger partial charge >= 0.3 is 0 Å². The monoisotopic (exact) mass is 349 g/mol. The van der Waals surface area contributed by atoms with Crippen LogP contribution in [0.4, 0.5) is 0 Å². The first-order valence-corrected chi connectivity index (χ1v) is 9.61. The smallest absolute Gasteiger partial charge is 0.0654 e. The Hall–Kier alpha value is -3.10. The summed E-state index contributed by atoms with van der Waals surface area (Å²) in [6.07, 6.45) is 0. The van der Waals surface area contributed by atoms with E-state index in [0.29, 0.717) is 0 Å². The van der Waals surface area contributed by atoms with Crippen LogP contribution in [-0.4, -0.2) is 4.98 Å². The molecule has 0 saturated heterocycles. The minimum atomic E-state index is 1.21. The van der Waals surface area contributed by atoms with Crippen LogP contribution in [-0.2, 0) is 0 Å². The fraction of sp³-hybridized carbons (Fsp3) is 0. The lowest BCUT2D eigenvalue weighted by molar-refractivity contribution is 1.56. The first-order valence-electron chi connectivity index (χ1n) is 8.79. The Labute approximate surface area is 154 Å². The number of H-pyrrole nitrogens is 1. The van der Waals surface area contributed by atoms with E-state index in [1.165, 1.54) is 53.1 Å². The van der Waals surface area contributed by atoms with E-state index in [9.17, 15) is 0 Å². The third-order valence-corrected chi connectivity index (χ3v) is 6.48. The Kier molecular flexibility index (Phi) is 2.82. The highest BCUT2D eigenvalue weighted by Gasteiger charge is 2.13. The van der Waals surface area contributed by atoms with Gasteiger partial charge in [0.1, 0.15) is 0 Å². The standard InChI is InChI=1S/C24H15NS/c1-2-6-15(7-3-1)17-11-13-21-20(14-17)24-22(25-21)19-12-10-16-8-4-5-9-18(16)23(19)26-24/h1-14,25H. The van der Waals surface area contributed by atoms with Crippen LogP contribution in [0.1, 0.15) is 0 Å². The number of hydrogen-bond donors (Lipinski definition) is 1. The molecule has 26 heavy (non-hydrogen) atoms. The fourth-order valence-electron chi connectivity index (χ4n) is 3.92. The lowest BCUT2D eigenvalue weighted by Crippen LogP contribution is -1.77. The van der Waals surface area contributed by atoms with Gasteiger partial charge in [-0.3, -0.25) is 0 Å². The summed E-state index contributed by atoms with van der Waals surface area (Å²) in [6.45, 7) is 0. The van der Waals surface area contributed by atoms with Crippen molar-refractivity contribution in [3.63, 3.8) is 0 Å². The van der Waals surface area contributed by atoms with E-state index in [1.807, 2.05) is 11.3 Å². The molecule has 6 rings (SSSR count). The Morgan fingerprint density at radius 2 is 1.42 bits per heavy atom. The first kappa shape index (κ1) is 14.1. The van der Waals surface area contributed by atoms with E-state index in [1.54, 1.807) is 0 Å². The third-order valence-electron chi connectivity index (χ3n) is 5.21. The Morgan fingerprint density at radius 1 is 0.577 bits per heavy atom. The highest BCUT2D eigenvalue weighted by atomic mass is 32.1. The summed E-state index contributed by atoms with van der Waals surface area (Å²) in [5.41, 5.74) is 4.99. The molecule has 122 valence electrons. The zero-order chi connectivity index (χ0) is 17.1. The van der Waals surface area contributed by atoms with Gasteiger partial charge in [0, 0.05) is 21.0 Å². The van der Waals surface area contributed by atoms with Gasteiger partial charge in [-0.05, 0) is 34.0 Å². The zero-order valence-corrected chi connectivity index (χ0v) is 14.8. The van der Waals surface area contributed by atoms with E-state index in [4.69, 9.17) is 0 Å². The molecule has 0 fully saturated rings. The van der Waals surface area contributed by atoms with Crippen molar-refractivity contribution >= 4 is 53.3 Å². The molecule has 0 spiro atoms. The summed E-state index contributed by atoms with van der Waals surface area (Å²) >= 11 is 1.90. The molecule has 2 aromatic heterocycles. The van der Waals surface area contributed by atoms with Crippen molar-refractivity contribution in [1.29, 1.82) is 0 Å². The second-order valence-corrected chi connectivity index (χ2v) is 7.74. The summed E-state index contributed by atoms with van der Waals surface area (Å²) in [4.78, 5) is 3.65. The minimum Gasteiger partial charge on any atom is -0.353 e. The van der Waals surface area contributed by atoms with Crippen LogP contribution in [0.2, 0.25) is 0 Å². The second kappa shape index (κ2) is 5.20. The summed E-state index contributed by atoms with van der Waals surface area (Å²) in [5, 5.41) is 5.28. The molecule has 2 heterocycles. The van der Waals surface area contributed by atoms with Gasteiger partial charge in [-0.1, -0.05) is 72.8 Å². The van der Waals surface area contributed by atoms with Crippen LogP contribution in [0.15, 0.2) is 84.9 Å². The van der Waals surface area contributed by atoms with Crippen molar-refractivity contribution in [1.82, 2.24) is 4.98 Å². The van der Waals surface area contributed by atoms with Crippen molar-refractivity contribution < 1.29 is 0 Å². The predicted octanol–water partition coefficient (Wildman–Crippen LogP) is 7.36. The number of hydrogen-bond acceptors (Lipinski definition) is 1. The van der Waals surface area contributed by atoms with E-state index in [0.717, 1.165) is 0 Å². The first-order chi connectivity index (χ1) is 12.9. The quantitative estimate of drug-likeness (QED) is 0.319. The Bertz CT molecular complexity index is 1420. The minimum absolute atomic E-state index is 1.21. The average molecular weight is 349 g/mol. The van der Waals surface area contributed by atoms with Crippen LogP contribution in [0.5, 0.6) is 0 Å². The maximum atomic E-state index is 3.65. The summed E-state index contributed by atoms with van der Waals surface area (Å²) < 4.78 is 2.72. The molecule has 0 radical (unpaired) electrons. The molecule has 0 aliphatic heterocycles. The van der Waals surface area contributed by atoms with Crippen LogP contribution in [0.25, 0.3) is 53.1 Å². The third kappa shape index (κ3) is 1.91. The number of thiophene rings is 1. The Balaban J connectivity index is 1.71. The van der Waals surface area contributed by atoms with Gasteiger partial charge in [-0.15, -0.1) is 11.3 Å². The fourth-order valence-corrected chi connectivity index (χ4v) is 5.25. The molecular weight excluding hydrogens is 334 g/mol. The van der Waals surface area contributed by atoms with Gasteiger partial charge in [-0.25, -0.2) is 0 Å². The molecule has 0 atom stereocenters. The van der Waals surface area contributed by atoms with Crippen molar-refractivity contribution in [2.24, 2.45) is 0 Å². The zero-order valence-electron chi connectivity index (χ0n) is 14.0. The van der Waals surface area contributed by atoms with Crippen molar-refractivity contribution in [2.75, 3.05) is 0 Å². The van der Waals surface area contributed by atoms with Crippen LogP contribution >= 0.6 is 11.3 Å². The maximum Gasteiger partial charge on any atom is 0.0654 e. The molecule has 1 N–H and O–H groups in total. The van der Waals surface area contributed by atoms with Gasteiger partial charge in [-0.2, -0.15) is 0 Å². The van der Waals surface area contributed by atoms with Gasteiger partial charge in [0.2, 0.25) is 0 Å². The predicted molar refractivity (Wildman–Crippen MR) is 114 cm³/mol. The molecule has 0 amide bonds. The summed E-state index contributed by atoms with van der Waals surface area (Å²) in [6, 6.07) is 30.5. The maximum absolute atomic E-state index is 3.65. The molecule has 1 nitrogen and oxygen atoms in total. The number of benzene rings is 4. The lowest BCUT2D eigenvalue weighted by Gasteiger charge is -2.01. The molecule has 0 aliphatic carbocycles.